The Bertz CT molecular complexity index is 376. The first-order chi connectivity index (χ1) is 7.05. The molecule has 1 rings (SSSR count). The summed E-state index contributed by atoms with van der Waals surface area (Å²) in [6, 6.07) is 8.02. The van der Waals surface area contributed by atoms with Gasteiger partial charge in [-0.05, 0) is 12.0 Å². The molecule has 0 saturated carbocycles. The minimum absolute atomic E-state index is 0. The smallest absolute Gasteiger partial charge is 1.00 e. The summed E-state index contributed by atoms with van der Waals surface area (Å²) in [5.41, 5.74) is -1.53. The first kappa shape index (κ1) is 19.1. The maximum absolute atomic E-state index is 11.1. The van der Waals surface area contributed by atoms with E-state index in [0.717, 1.165) is 0 Å². The number of benzene rings is 1. The Kier molecular flexibility index (Phi) is 8.95. The molecule has 1 aromatic carbocycles. The first-order valence-electron chi connectivity index (χ1n) is 4.58. The average Bonchev–Trinajstić information content (AvgIpc) is 2.20. The van der Waals surface area contributed by atoms with Crippen LogP contribution in [0.25, 0.3) is 0 Å². The van der Waals surface area contributed by atoms with E-state index in [0.29, 0.717) is 5.56 Å². The van der Waals surface area contributed by atoms with Crippen molar-refractivity contribution in [1.29, 1.82) is 0 Å². The van der Waals surface area contributed by atoms with Crippen molar-refractivity contribution < 1.29 is 71.1 Å². The van der Waals surface area contributed by atoms with Gasteiger partial charge in [-0.1, -0.05) is 37.3 Å². The molecule has 0 fully saturated rings. The van der Waals surface area contributed by atoms with Gasteiger partial charge >= 0.3 is 60.4 Å². The van der Waals surface area contributed by atoms with Gasteiger partial charge in [0.05, 0.1) is 0 Å². The first-order valence-corrected chi connectivity index (χ1v) is 4.58. The van der Waals surface area contributed by atoms with Gasteiger partial charge in [-0.15, -0.1) is 0 Å². The monoisotopic (exact) mass is 240 g/mol. The van der Waals surface area contributed by atoms with Gasteiger partial charge in [-0.3, -0.25) is 9.59 Å². The summed E-state index contributed by atoms with van der Waals surface area (Å²) in [5.74, 6) is -2.66. The van der Waals surface area contributed by atoms with Crippen LogP contribution in [0.4, 0.5) is 0 Å². The largest absolute Gasteiger partial charge is 1.00 e. The quantitative estimate of drug-likeness (QED) is 0.413. The van der Waals surface area contributed by atoms with Gasteiger partial charge in [0.2, 0.25) is 0 Å². The summed E-state index contributed by atoms with van der Waals surface area (Å²) in [6.45, 7) is 1.55. The molecule has 84 valence electrons. The summed E-state index contributed by atoms with van der Waals surface area (Å²) < 4.78 is 0. The second-order valence-electron chi connectivity index (χ2n) is 3.24. The molecule has 0 bridgehead atoms. The molecule has 6 heteroatoms. The van der Waals surface area contributed by atoms with Crippen LogP contribution in [0.15, 0.2) is 30.3 Å². The second kappa shape index (κ2) is 7.96. The maximum Gasteiger partial charge on any atom is 1.00 e. The van der Waals surface area contributed by atoms with Crippen molar-refractivity contribution in [2.75, 3.05) is 0 Å². The summed E-state index contributed by atoms with van der Waals surface area (Å²) in [4.78, 5) is 22.2. The summed E-state index contributed by atoms with van der Waals surface area (Å²) >= 11 is 0. The molecule has 0 atom stereocenters. The van der Waals surface area contributed by atoms with E-state index in [1.54, 1.807) is 25.1 Å². The number of rotatable bonds is 4. The molecule has 0 aromatic heterocycles. The van der Waals surface area contributed by atoms with Gasteiger partial charge in [-0.2, -0.15) is 0 Å². The van der Waals surface area contributed by atoms with Gasteiger partial charge in [-0.25, -0.2) is 0 Å². The molecular weight excluding hydrogens is 226 g/mol. The molecule has 0 aliphatic heterocycles. The molecule has 1 aromatic rings. The van der Waals surface area contributed by atoms with E-state index in [1.807, 2.05) is 0 Å². The molecule has 2 N–H and O–H groups in total. The molecule has 17 heavy (non-hydrogen) atoms. The molecule has 0 saturated heterocycles. The third-order valence-corrected chi connectivity index (χ3v) is 2.53. The topological polar surface area (TPSA) is 74.6 Å². The zero-order chi connectivity index (χ0) is 11.5. The third kappa shape index (κ3) is 3.61. The van der Waals surface area contributed by atoms with Crippen LogP contribution >= 0.6 is 0 Å². The van der Waals surface area contributed by atoms with Crippen LogP contribution in [-0.2, 0) is 15.0 Å². The Morgan fingerprint density at radius 3 is 1.88 bits per heavy atom. The Morgan fingerprint density at radius 1 is 1.18 bits per heavy atom. The predicted octanol–water partition coefficient (Wildman–Crippen LogP) is -4.26. The normalized spacial score (nSPS) is 9.71. The zero-order valence-electron chi connectivity index (χ0n) is 12.3. The number of carboxylic acid groups (broad SMARTS) is 2. The van der Waals surface area contributed by atoms with Gasteiger partial charge in [0.1, 0.15) is 0 Å². The molecule has 0 spiro atoms. The Balaban J connectivity index is -0.000000281. The molecular formula is C11H14LiNaO4. The van der Waals surface area contributed by atoms with E-state index in [-0.39, 0.29) is 57.7 Å². The van der Waals surface area contributed by atoms with E-state index >= 15 is 0 Å². The molecule has 0 unspecified atom stereocenters. The Morgan fingerprint density at radius 2 is 1.59 bits per heavy atom. The van der Waals surface area contributed by atoms with Crippen LogP contribution in [0.3, 0.4) is 0 Å². The van der Waals surface area contributed by atoms with E-state index in [9.17, 15) is 9.59 Å². The number of hydrogen-bond donors (Lipinski definition) is 2. The third-order valence-electron chi connectivity index (χ3n) is 2.53. The van der Waals surface area contributed by atoms with Crippen LogP contribution in [0.2, 0.25) is 0 Å². The van der Waals surface area contributed by atoms with Gasteiger partial charge in [0.25, 0.3) is 0 Å². The van der Waals surface area contributed by atoms with Gasteiger partial charge in [0.15, 0.2) is 5.41 Å². The molecule has 0 aliphatic rings. The number of carboxylic acids is 2. The van der Waals surface area contributed by atoms with Crippen molar-refractivity contribution in [3.8, 4) is 0 Å². The van der Waals surface area contributed by atoms with Crippen molar-refractivity contribution in [2.45, 2.75) is 18.8 Å². The fraction of sp³-hybridized carbons (Fsp3) is 0.273. The standard InChI is InChI=1S/C11H12O4.Li.Na.2H/c1-2-11(9(12)13,10(14)15)8-6-4-3-5-7-8;;;;/h3-7H,2H2,1H3,(H,12,13)(H,14,15);;;;/q;2*+1;2*-1. The van der Waals surface area contributed by atoms with Crippen LogP contribution in [-0.4, -0.2) is 22.2 Å². The van der Waals surface area contributed by atoms with Gasteiger partial charge in [0, 0.05) is 0 Å². The van der Waals surface area contributed by atoms with Crippen LogP contribution in [0.1, 0.15) is 21.8 Å². The van der Waals surface area contributed by atoms with Crippen molar-refractivity contribution in [3.05, 3.63) is 35.9 Å². The van der Waals surface area contributed by atoms with Crippen molar-refractivity contribution in [3.63, 3.8) is 0 Å². The average molecular weight is 240 g/mol. The minimum atomic E-state index is -1.83. The Hall–Kier alpha value is -0.243. The van der Waals surface area contributed by atoms with Crippen molar-refractivity contribution in [1.82, 2.24) is 0 Å². The van der Waals surface area contributed by atoms with E-state index in [2.05, 4.69) is 0 Å². The SMILES string of the molecule is CCC(C(=O)O)(C(=O)O)c1ccccc1.[H-].[H-].[Li+].[Na+]. The van der Waals surface area contributed by atoms with Crippen molar-refractivity contribution in [2.24, 2.45) is 0 Å². The van der Waals surface area contributed by atoms with Crippen molar-refractivity contribution >= 4 is 11.9 Å². The van der Waals surface area contributed by atoms with E-state index in [4.69, 9.17) is 10.2 Å². The number of carbonyl (C=O) groups is 2. The molecule has 0 aliphatic carbocycles. The fourth-order valence-corrected chi connectivity index (χ4v) is 1.57. The molecule has 0 amide bonds. The van der Waals surface area contributed by atoms with Crippen LogP contribution < -0.4 is 48.4 Å². The summed E-state index contributed by atoms with van der Waals surface area (Å²) in [7, 11) is 0. The zero-order valence-corrected chi connectivity index (χ0v) is 12.3. The number of aliphatic carboxylic acids is 2. The van der Waals surface area contributed by atoms with Crippen LogP contribution in [0.5, 0.6) is 0 Å². The van der Waals surface area contributed by atoms with E-state index < -0.39 is 17.4 Å². The second-order valence-corrected chi connectivity index (χ2v) is 3.24. The minimum Gasteiger partial charge on any atom is -1.00 e. The predicted molar refractivity (Wildman–Crippen MR) is 55.9 cm³/mol. The molecule has 4 nitrogen and oxygen atoms in total. The fourth-order valence-electron chi connectivity index (χ4n) is 1.57. The van der Waals surface area contributed by atoms with E-state index in [1.165, 1.54) is 12.1 Å². The molecule has 0 heterocycles. The molecule has 0 radical (unpaired) electrons. The summed E-state index contributed by atoms with van der Waals surface area (Å²) in [5, 5.41) is 18.1. The number of hydrogen-bond acceptors (Lipinski definition) is 2. The van der Waals surface area contributed by atoms with Gasteiger partial charge < -0.3 is 13.1 Å². The Labute approximate surface area is 137 Å². The van der Waals surface area contributed by atoms with Crippen LogP contribution in [0, 0.1) is 0 Å². The summed E-state index contributed by atoms with van der Waals surface area (Å²) in [6.07, 6.45) is 0.0156. The maximum atomic E-state index is 11.1.